The van der Waals surface area contributed by atoms with Gasteiger partial charge in [0, 0.05) is 37.9 Å². The minimum Gasteiger partial charge on any atom is -0.452 e. The van der Waals surface area contributed by atoms with E-state index >= 15 is 0 Å². The molecule has 0 atom stereocenters. The molecular weight excluding hydrogens is 351 g/mol. The minimum absolute atomic E-state index is 0.130. The number of halogens is 1. The molecule has 0 saturated carbocycles. The number of aryl methyl sites for hydroxylation is 1. The highest BCUT2D eigenvalue weighted by Gasteiger charge is 2.16. The second kappa shape index (κ2) is 7.32. The number of nitrogens with zero attached hydrogens (tertiary/aromatic N) is 3. The van der Waals surface area contributed by atoms with Crippen LogP contribution in [0.4, 0.5) is 10.3 Å². The summed E-state index contributed by atoms with van der Waals surface area (Å²) in [5.74, 6) is 0.625. The summed E-state index contributed by atoms with van der Waals surface area (Å²) in [5, 5.41) is 3.97. The van der Waals surface area contributed by atoms with E-state index in [1.54, 1.807) is 19.3 Å². The average Bonchev–Trinajstić information content (AvgIpc) is 2.69. The van der Waals surface area contributed by atoms with E-state index in [9.17, 15) is 9.18 Å². The van der Waals surface area contributed by atoms with Crippen molar-refractivity contribution >= 4 is 17.0 Å². The quantitative estimate of drug-likeness (QED) is 0.761. The Balaban J connectivity index is 1.64. The molecule has 1 fully saturated rings. The van der Waals surface area contributed by atoms with Gasteiger partial charge in [0.1, 0.15) is 17.2 Å². The summed E-state index contributed by atoms with van der Waals surface area (Å²) < 4.78 is 25.4. The molecule has 0 radical (unpaired) electrons. The first-order chi connectivity index (χ1) is 13.1. The second-order valence-electron chi connectivity index (χ2n) is 6.43. The maximum atomic E-state index is 13.0. The highest BCUT2D eigenvalue weighted by Crippen LogP contribution is 2.22. The van der Waals surface area contributed by atoms with Crippen molar-refractivity contribution in [2.45, 2.75) is 18.9 Å². The fourth-order valence-electron chi connectivity index (χ4n) is 3.01. The normalized spacial score (nSPS) is 15.0. The van der Waals surface area contributed by atoms with Crippen LogP contribution in [0.15, 0.2) is 41.3 Å². The summed E-state index contributed by atoms with van der Waals surface area (Å²) in [6, 6.07) is 7.34. The van der Waals surface area contributed by atoms with Crippen LogP contribution in [-0.4, -0.2) is 33.8 Å². The molecular formula is C19H19FN4O3. The van der Waals surface area contributed by atoms with Crippen LogP contribution in [0.25, 0.3) is 11.0 Å². The molecule has 0 spiro atoms. The van der Waals surface area contributed by atoms with E-state index in [0.29, 0.717) is 35.9 Å². The van der Waals surface area contributed by atoms with E-state index in [1.165, 1.54) is 28.8 Å². The highest BCUT2D eigenvalue weighted by atomic mass is 19.1. The van der Waals surface area contributed by atoms with Crippen LogP contribution < -0.4 is 15.6 Å². The van der Waals surface area contributed by atoms with Gasteiger partial charge in [-0.1, -0.05) is 0 Å². The molecule has 3 heterocycles. The zero-order valence-corrected chi connectivity index (χ0v) is 14.8. The maximum Gasteiger partial charge on any atom is 0.294 e. The summed E-state index contributed by atoms with van der Waals surface area (Å²) in [6.07, 6.45) is 3.44. The van der Waals surface area contributed by atoms with Crippen molar-refractivity contribution in [1.29, 1.82) is 0 Å². The summed E-state index contributed by atoms with van der Waals surface area (Å²) in [4.78, 5) is 21.5. The zero-order valence-electron chi connectivity index (χ0n) is 14.8. The number of hydrogen-bond acceptors (Lipinski definition) is 6. The van der Waals surface area contributed by atoms with Crippen molar-refractivity contribution < 1.29 is 13.9 Å². The topological polar surface area (TPSA) is 78.3 Å². The standard InChI is InChI=1S/C19H19FN4O3/c1-24-17-12(11-21-19(23-17)22-14-6-8-26-9-7-14)10-16(18(24)25)27-15-4-2-13(20)3-5-15/h2-5,10-11,14H,6-9H2,1H3,(H,21,22,23). The molecule has 0 bridgehead atoms. The van der Waals surface area contributed by atoms with Gasteiger partial charge in [-0.3, -0.25) is 9.36 Å². The number of anilines is 1. The number of aromatic nitrogens is 3. The Hall–Kier alpha value is -3.00. The Labute approximate surface area is 154 Å². The minimum atomic E-state index is -0.369. The van der Waals surface area contributed by atoms with Crippen LogP contribution in [-0.2, 0) is 11.8 Å². The Morgan fingerprint density at radius 1 is 1.26 bits per heavy atom. The zero-order chi connectivity index (χ0) is 18.8. The Morgan fingerprint density at radius 3 is 2.74 bits per heavy atom. The molecule has 1 aliphatic rings. The Kier molecular flexibility index (Phi) is 4.72. The van der Waals surface area contributed by atoms with Crippen molar-refractivity contribution in [2.75, 3.05) is 18.5 Å². The first kappa shape index (κ1) is 17.4. The fraction of sp³-hybridized carbons (Fsp3) is 0.316. The van der Waals surface area contributed by atoms with Crippen LogP contribution in [0.3, 0.4) is 0 Å². The van der Waals surface area contributed by atoms with Crippen molar-refractivity contribution in [2.24, 2.45) is 7.05 Å². The smallest absolute Gasteiger partial charge is 0.294 e. The van der Waals surface area contributed by atoms with Gasteiger partial charge in [-0.05, 0) is 43.2 Å². The molecule has 7 nitrogen and oxygen atoms in total. The molecule has 8 heteroatoms. The van der Waals surface area contributed by atoms with Crippen LogP contribution in [0.5, 0.6) is 11.5 Å². The third kappa shape index (κ3) is 3.75. The predicted octanol–water partition coefficient (Wildman–Crippen LogP) is 2.85. The molecule has 3 aromatic rings. The maximum absolute atomic E-state index is 13.0. The van der Waals surface area contributed by atoms with Crippen molar-refractivity contribution in [3.8, 4) is 11.5 Å². The summed E-state index contributed by atoms with van der Waals surface area (Å²) in [7, 11) is 1.63. The molecule has 27 heavy (non-hydrogen) atoms. The molecule has 140 valence electrons. The average molecular weight is 370 g/mol. The van der Waals surface area contributed by atoms with Crippen molar-refractivity contribution in [3.63, 3.8) is 0 Å². The predicted molar refractivity (Wildman–Crippen MR) is 98.7 cm³/mol. The first-order valence-electron chi connectivity index (χ1n) is 8.74. The summed E-state index contributed by atoms with van der Waals surface area (Å²) in [5.41, 5.74) is 0.179. The van der Waals surface area contributed by atoms with Gasteiger partial charge in [0.15, 0.2) is 5.75 Å². The van der Waals surface area contributed by atoms with Gasteiger partial charge in [-0.25, -0.2) is 9.37 Å². The molecule has 2 aromatic heterocycles. The van der Waals surface area contributed by atoms with E-state index in [0.717, 1.165) is 12.8 Å². The number of rotatable bonds is 4. The summed E-state index contributed by atoms with van der Waals surface area (Å²) in [6.45, 7) is 1.43. The molecule has 1 N–H and O–H groups in total. The van der Waals surface area contributed by atoms with Crippen molar-refractivity contribution in [1.82, 2.24) is 14.5 Å². The number of fused-ring (bicyclic) bond motifs is 1. The Bertz CT molecular complexity index is 1010. The molecule has 1 aromatic carbocycles. The van der Waals surface area contributed by atoms with Crippen LogP contribution in [0.1, 0.15) is 12.8 Å². The number of hydrogen-bond donors (Lipinski definition) is 1. The van der Waals surface area contributed by atoms with Gasteiger partial charge in [0.05, 0.1) is 0 Å². The van der Waals surface area contributed by atoms with Crippen LogP contribution >= 0.6 is 0 Å². The number of pyridine rings is 1. The van der Waals surface area contributed by atoms with E-state index in [4.69, 9.17) is 9.47 Å². The van der Waals surface area contributed by atoms with Crippen LogP contribution in [0, 0.1) is 5.82 Å². The lowest BCUT2D eigenvalue weighted by Gasteiger charge is -2.23. The monoisotopic (exact) mass is 370 g/mol. The largest absolute Gasteiger partial charge is 0.452 e. The number of benzene rings is 1. The third-order valence-corrected chi connectivity index (χ3v) is 4.51. The second-order valence-corrected chi connectivity index (χ2v) is 6.43. The molecule has 4 rings (SSSR count). The molecule has 0 amide bonds. The SMILES string of the molecule is Cn1c(=O)c(Oc2ccc(F)cc2)cc2cnc(NC3CCOCC3)nc21. The Morgan fingerprint density at radius 2 is 2.00 bits per heavy atom. The lowest BCUT2D eigenvalue weighted by Crippen LogP contribution is -2.29. The third-order valence-electron chi connectivity index (χ3n) is 4.51. The van der Waals surface area contributed by atoms with Crippen LogP contribution in [0.2, 0.25) is 0 Å². The van der Waals surface area contributed by atoms with Gasteiger partial charge in [0.25, 0.3) is 5.56 Å². The molecule has 0 unspecified atom stereocenters. The highest BCUT2D eigenvalue weighted by molar-refractivity contribution is 5.76. The number of nitrogens with one attached hydrogen (secondary N) is 1. The van der Waals surface area contributed by atoms with E-state index in [1.807, 2.05) is 0 Å². The van der Waals surface area contributed by atoms with Gasteiger partial charge in [0.2, 0.25) is 5.95 Å². The molecule has 0 aliphatic carbocycles. The van der Waals surface area contributed by atoms with Gasteiger partial charge in [-0.15, -0.1) is 0 Å². The summed E-state index contributed by atoms with van der Waals surface area (Å²) >= 11 is 0. The van der Waals surface area contributed by atoms with Gasteiger partial charge >= 0.3 is 0 Å². The molecule has 1 saturated heterocycles. The van der Waals surface area contributed by atoms with E-state index in [2.05, 4.69) is 15.3 Å². The van der Waals surface area contributed by atoms with Gasteiger partial charge < -0.3 is 14.8 Å². The van der Waals surface area contributed by atoms with E-state index < -0.39 is 0 Å². The van der Waals surface area contributed by atoms with E-state index in [-0.39, 0.29) is 23.2 Å². The van der Waals surface area contributed by atoms with Gasteiger partial charge in [-0.2, -0.15) is 4.98 Å². The van der Waals surface area contributed by atoms with Crippen molar-refractivity contribution in [3.05, 3.63) is 52.7 Å². The lowest BCUT2D eigenvalue weighted by molar-refractivity contribution is 0.0903. The fourth-order valence-corrected chi connectivity index (χ4v) is 3.01. The lowest BCUT2D eigenvalue weighted by atomic mass is 10.1. The first-order valence-corrected chi connectivity index (χ1v) is 8.74. The molecule has 1 aliphatic heterocycles. The number of ether oxygens (including phenoxy) is 2.